The van der Waals surface area contributed by atoms with Gasteiger partial charge >= 0.3 is 5.69 Å². The van der Waals surface area contributed by atoms with E-state index in [2.05, 4.69) is 0 Å². The molecule has 0 saturated heterocycles. The summed E-state index contributed by atoms with van der Waals surface area (Å²) in [5.74, 6) is -3.14. The molecule has 6 nitrogen and oxygen atoms in total. The van der Waals surface area contributed by atoms with Crippen molar-refractivity contribution in [3.05, 3.63) is 44.8 Å². The highest BCUT2D eigenvalue weighted by atomic mass is 19.1. The summed E-state index contributed by atoms with van der Waals surface area (Å²) in [4.78, 5) is 35.1. The van der Waals surface area contributed by atoms with Gasteiger partial charge in [0, 0.05) is 6.08 Å². The Morgan fingerprint density at radius 2 is 2.00 bits per heavy atom. The number of aromatic amines is 1. The normalized spacial score (nSPS) is 23.9. The van der Waals surface area contributed by atoms with E-state index in [-0.39, 0.29) is 0 Å². The lowest BCUT2D eigenvalue weighted by molar-refractivity contribution is -0.135. The summed E-state index contributed by atoms with van der Waals surface area (Å²) in [5, 5.41) is 0. The highest BCUT2D eigenvalue weighted by Crippen LogP contribution is 2.22. The van der Waals surface area contributed by atoms with Crippen molar-refractivity contribution in [3.63, 3.8) is 0 Å². The maximum atomic E-state index is 13.2. The van der Waals surface area contributed by atoms with Crippen LogP contribution in [0.1, 0.15) is 13.2 Å². The molecular weight excluding hydrogens is 250 g/mol. The lowest BCUT2D eigenvalue weighted by Gasteiger charge is -2.24. The van der Waals surface area contributed by atoms with Crippen LogP contribution in [0.4, 0.5) is 8.78 Å². The second-order valence-electron chi connectivity index (χ2n) is 3.69. The minimum absolute atomic E-state index is 0.595. The van der Waals surface area contributed by atoms with Crippen LogP contribution < -0.4 is 11.2 Å². The Balaban J connectivity index is 2.51. The van der Waals surface area contributed by atoms with Crippen molar-refractivity contribution in [3.8, 4) is 0 Å². The predicted octanol–water partition coefficient (Wildman–Crippen LogP) is 0.0155. The highest BCUT2D eigenvalue weighted by Gasteiger charge is 2.29. The summed E-state index contributed by atoms with van der Waals surface area (Å²) < 4.78 is 32.0. The van der Waals surface area contributed by atoms with E-state index in [1.165, 1.54) is 6.92 Å². The molecule has 0 fully saturated rings. The smallest absolute Gasteiger partial charge is 0.330 e. The molecule has 0 aromatic carbocycles. The number of halogens is 2. The Kier molecular flexibility index (Phi) is 2.95. The average Bonchev–Trinajstić information content (AvgIpc) is 2.30. The first-order valence-corrected chi connectivity index (χ1v) is 4.98. The topological polar surface area (TPSA) is 81.2 Å². The number of hydrogen-bond donors (Lipinski definition) is 1. The first-order valence-electron chi connectivity index (χ1n) is 4.98. The summed E-state index contributed by atoms with van der Waals surface area (Å²) in [6.45, 7) is 1.30. The number of carbonyl (C=O) groups is 1. The molecule has 18 heavy (non-hydrogen) atoms. The van der Waals surface area contributed by atoms with Gasteiger partial charge in [0.1, 0.15) is 6.10 Å². The Labute approximate surface area is 98.5 Å². The largest absolute Gasteiger partial charge is 0.343 e. The number of hydrogen-bond acceptors (Lipinski definition) is 4. The molecule has 2 rings (SSSR count). The summed E-state index contributed by atoms with van der Waals surface area (Å²) in [7, 11) is 0. The molecule has 0 saturated carbocycles. The molecule has 0 spiro atoms. The molecule has 8 heteroatoms. The van der Waals surface area contributed by atoms with Gasteiger partial charge in [0.05, 0.1) is 6.20 Å². The second kappa shape index (κ2) is 4.30. The Hall–Kier alpha value is -2.09. The van der Waals surface area contributed by atoms with Gasteiger partial charge in [0.25, 0.3) is 5.56 Å². The number of ether oxygens (including phenoxy) is 1. The molecule has 0 aliphatic carbocycles. The molecule has 1 N–H and O–H groups in total. The quantitative estimate of drug-likeness (QED) is 0.769. The molecule has 1 aliphatic heterocycles. The summed E-state index contributed by atoms with van der Waals surface area (Å²) in [6.07, 6.45) is -1.04. The maximum absolute atomic E-state index is 13.2. The molecule has 1 aliphatic rings. The third-order valence-electron chi connectivity index (χ3n) is 2.44. The van der Waals surface area contributed by atoms with Crippen molar-refractivity contribution in [2.24, 2.45) is 0 Å². The van der Waals surface area contributed by atoms with Crippen LogP contribution in [-0.4, -0.2) is 21.4 Å². The van der Waals surface area contributed by atoms with Crippen LogP contribution >= 0.6 is 0 Å². The zero-order chi connectivity index (χ0) is 13.4. The maximum Gasteiger partial charge on any atom is 0.330 e. The van der Waals surface area contributed by atoms with Crippen LogP contribution in [0.15, 0.2) is 27.7 Å². The van der Waals surface area contributed by atoms with Gasteiger partial charge in [-0.1, -0.05) is 0 Å². The number of carbonyl (C=O) groups excluding carboxylic acids is 1. The minimum Gasteiger partial charge on any atom is -0.343 e. The fourth-order valence-corrected chi connectivity index (χ4v) is 1.51. The van der Waals surface area contributed by atoms with Crippen molar-refractivity contribution in [1.82, 2.24) is 9.55 Å². The van der Waals surface area contributed by atoms with Gasteiger partial charge in [-0.2, -0.15) is 4.39 Å². The number of H-pyrrole nitrogens is 1. The van der Waals surface area contributed by atoms with E-state index < -0.39 is 41.0 Å². The van der Waals surface area contributed by atoms with Gasteiger partial charge in [-0.05, 0) is 6.92 Å². The predicted molar refractivity (Wildman–Crippen MR) is 55.1 cm³/mol. The van der Waals surface area contributed by atoms with Gasteiger partial charge in [0.2, 0.25) is 11.6 Å². The molecular formula is C10H8F2N2O4. The van der Waals surface area contributed by atoms with E-state index in [1.807, 2.05) is 0 Å². The van der Waals surface area contributed by atoms with E-state index in [4.69, 9.17) is 4.74 Å². The van der Waals surface area contributed by atoms with Gasteiger partial charge in [-0.15, -0.1) is 0 Å². The molecule has 0 radical (unpaired) electrons. The van der Waals surface area contributed by atoms with Gasteiger partial charge in [-0.25, -0.2) is 9.18 Å². The van der Waals surface area contributed by atoms with E-state index in [1.54, 1.807) is 4.98 Å². The zero-order valence-electron chi connectivity index (χ0n) is 9.15. The Bertz CT molecular complexity index is 646. The third-order valence-corrected chi connectivity index (χ3v) is 2.44. The first-order chi connectivity index (χ1) is 8.40. The Morgan fingerprint density at radius 1 is 1.33 bits per heavy atom. The van der Waals surface area contributed by atoms with E-state index in [9.17, 15) is 23.2 Å². The van der Waals surface area contributed by atoms with Crippen LogP contribution in [-0.2, 0) is 9.53 Å². The molecule has 2 atom stereocenters. The monoisotopic (exact) mass is 258 g/mol. The molecule has 1 aromatic rings. The number of aromatic nitrogens is 2. The van der Waals surface area contributed by atoms with Crippen LogP contribution in [0.5, 0.6) is 0 Å². The van der Waals surface area contributed by atoms with E-state index >= 15 is 0 Å². The first kappa shape index (κ1) is 12.4. The van der Waals surface area contributed by atoms with E-state index in [0.717, 1.165) is 6.08 Å². The van der Waals surface area contributed by atoms with Gasteiger partial charge in [0.15, 0.2) is 12.1 Å². The van der Waals surface area contributed by atoms with Crippen molar-refractivity contribution in [2.75, 3.05) is 0 Å². The average molecular weight is 258 g/mol. The fraction of sp³-hybridized carbons (Fsp3) is 0.300. The number of ketones is 1. The van der Waals surface area contributed by atoms with Crippen LogP contribution in [0.3, 0.4) is 0 Å². The lowest BCUT2D eigenvalue weighted by Crippen LogP contribution is -2.38. The number of nitrogens with zero attached hydrogens (tertiary/aromatic N) is 1. The molecule has 1 aromatic heterocycles. The Morgan fingerprint density at radius 3 is 2.61 bits per heavy atom. The van der Waals surface area contributed by atoms with Crippen molar-refractivity contribution >= 4 is 5.78 Å². The zero-order valence-corrected chi connectivity index (χ0v) is 9.15. The molecule has 0 unspecified atom stereocenters. The molecule has 2 heterocycles. The summed E-state index contributed by atoms with van der Waals surface area (Å²) in [6, 6.07) is 0. The third kappa shape index (κ3) is 2.02. The van der Waals surface area contributed by atoms with Gasteiger partial charge < -0.3 is 4.74 Å². The van der Waals surface area contributed by atoms with Crippen molar-refractivity contribution in [2.45, 2.75) is 19.3 Å². The SMILES string of the molecule is C[C@H]1O[C@@H](n2cc(F)c(=O)[nH]c2=O)C=C(F)C1=O. The standard InChI is InChI=1S/C10H8F2N2O4/c1-4-8(15)5(11)2-7(18-4)14-3-6(12)9(16)13-10(14)17/h2-4,7H,1H3,(H,13,16,17)/t4-,7-/m1/s1. The summed E-state index contributed by atoms with van der Waals surface area (Å²) >= 11 is 0. The van der Waals surface area contributed by atoms with Crippen molar-refractivity contribution in [1.29, 1.82) is 0 Å². The van der Waals surface area contributed by atoms with Crippen molar-refractivity contribution < 1.29 is 18.3 Å². The molecule has 96 valence electrons. The van der Waals surface area contributed by atoms with Crippen LogP contribution in [0, 0.1) is 5.82 Å². The fourth-order valence-electron chi connectivity index (χ4n) is 1.51. The van der Waals surface area contributed by atoms with E-state index in [0.29, 0.717) is 10.8 Å². The second-order valence-corrected chi connectivity index (χ2v) is 3.69. The molecule has 0 bridgehead atoms. The molecule has 0 amide bonds. The number of nitrogens with one attached hydrogen (secondary N) is 1. The van der Waals surface area contributed by atoms with Gasteiger partial charge in [-0.3, -0.25) is 19.1 Å². The van der Waals surface area contributed by atoms with Crippen LogP contribution in [0.25, 0.3) is 0 Å². The minimum atomic E-state index is -1.28. The highest BCUT2D eigenvalue weighted by molar-refractivity contribution is 5.97. The number of rotatable bonds is 1. The van der Waals surface area contributed by atoms with Crippen LogP contribution in [0.2, 0.25) is 0 Å². The lowest BCUT2D eigenvalue weighted by atomic mass is 10.1. The number of Topliss-reactive ketones (excluding diaryl/α,β-unsaturated/α-hetero) is 1. The summed E-state index contributed by atoms with van der Waals surface area (Å²) in [5.41, 5.74) is -2.14.